The largest absolute Gasteiger partial charge is 0.456 e. The van der Waals surface area contributed by atoms with Gasteiger partial charge in [0.15, 0.2) is 5.78 Å². The highest BCUT2D eigenvalue weighted by molar-refractivity contribution is 6.01. The second-order valence-electron chi connectivity index (χ2n) is 5.22. The summed E-state index contributed by atoms with van der Waals surface area (Å²) in [5.74, 6) is 1.98. The Labute approximate surface area is 113 Å². The predicted molar refractivity (Wildman–Crippen MR) is 75.1 cm³/mol. The summed E-state index contributed by atoms with van der Waals surface area (Å²) in [7, 11) is 0. The van der Waals surface area contributed by atoms with Crippen molar-refractivity contribution in [3.63, 3.8) is 0 Å². The number of hydrogen-bond donors (Lipinski definition) is 0. The summed E-state index contributed by atoms with van der Waals surface area (Å²) in [5.41, 5.74) is 2.82. The van der Waals surface area contributed by atoms with Gasteiger partial charge in [0.1, 0.15) is 11.5 Å². The number of carbonyl (C=O) groups is 1. The molecule has 3 rings (SSSR count). The van der Waals surface area contributed by atoms with Gasteiger partial charge in [-0.15, -0.1) is 0 Å². The maximum Gasteiger partial charge on any atom is 0.171 e. The second-order valence-corrected chi connectivity index (χ2v) is 5.22. The molecule has 1 aliphatic rings. The van der Waals surface area contributed by atoms with Gasteiger partial charge in [0, 0.05) is 12.0 Å². The van der Waals surface area contributed by atoms with Crippen LogP contribution in [0.1, 0.15) is 41.3 Å². The summed E-state index contributed by atoms with van der Waals surface area (Å²) in [6.45, 7) is 4.25. The SMILES string of the molecule is CC(C)c1ccc2c(c1)C(=O)Cc1ccccc1O2. The van der Waals surface area contributed by atoms with Crippen molar-refractivity contribution in [2.75, 3.05) is 0 Å². The maximum atomic E-state index is 12.4. The van der Waals surface area contributed by atoms with Gasteiger partial charge in [-0.2, -0.15) is 0 Å². The second kappa shape index (κ2) is 4.54. The molecular weight excluding hydrogens is 236 g/mol. The van der Waals surface area contributed by atoms with Crippen LogP contribution < -0.4 is 4.74 Å². The van der Waals surface area contributed by atoms with Crippen LogP contribution in [-0.2, 0) is 6.42 Å². The Morgan fingerprint density at radius 1 is 1.05 bits per heavy atom. The Kier molecular flexibility index (Phi) is 2.86. The minimum absolute atomic E-state index is 0.127. The monoisotopic (exact) mass is 252 g/mol. The average molecular weight is 252 g/mol. The van der Waals surface area contributed by atoms with Gasteiger partial charge in [-0.05, 0) is 29.7 Å². The first-order chi connectivity index (χ1) is 9.15. The molecule has 0 bridgehead atoms. The fourth-order valence-electron chi connectivity index (χ4n) is 2.35. The molecule has 0 radical (unpaired) electrons. The topological polar surface area (TPSA) is 26.3 Å². The molecule has 2 aromatic carbocycles. The van der Waals surface area contributed by atoms with Gasteiger partial charge < -0.3 is 4.74 Å². The number of carbonyl (C=O) groups excluding carboxylic acids is 1. The molecule has 0 spiro atoms. The fraction of sp³-hybridized carbons (Fsp3) is 0.235. The zero-order valence-corrected chi connectivity index (χ0v) is 11.1. The van der Waals surface area contributed by atoms with Crippen molar-refractivity contribution in [2.24, 2.45) is 0 Å². The highest BCUT2D eigenvalue weighted by Gasteiger charge is 2.21. The van der Waals surface area contributed by atoms with Crippen LogP contribution in [0.5, 0.6) is 11.5 Å². The lowest BCUT2D eigenvalue weighted by Crippen LogP contribution is -2.03. The molecular formula is C17H16O2. The zero-order valence-electron chi connectivity index (χ0n) is 11.1. The van der Waals surface area contributed by atoms with Crippen LogP contribution in [0.3, 0.4) is 0 Å². The minimum Gasteiger partial charge on any atom is -0.456 e. The first kappa shape index (κ1) is 12.0. The molecule has 0 aliphatic carbocycles. The molecule has 0 fully saturated rings. The van der Waals surface area contributed by atoms with Crippen LogP contribution in [0.4, 0.5) is 0 Å². The Bertz CT molecular complexity index is 641. The van der Waals surface area contributed by atoms with Crippen molar-refractivity contribution in [1.29, 1.82) is 0 Å². The van der Waals surface area contributed by atoms with Crippen molar-refractivity contribution in [1.82, 2.24) is 0 Å². The zero-order chi connectivity index (χ0) is 13.4. The summed E-state index contributed by atoms with van der Waals surface area (Å²) in [4.78, 5) is 12.4. The Hall–Kier alpha value is -2.09. The van der Waals surface area contributed by atoms with Crippen molar-refractivity contribution in [3.8, 4) is 11.5 Å². The maximum absolute atomic E-state index is 12.4. The van der Waals surface area contributed by atoms with Gasteiger partial charge in [0.2, 0.25) is 0 Å². The van der Waals surface area contributed by atoms with Crippen molar-refractivity contribution in [2.45, 2.75) is 26.2 Å². The highest BCUT2D eigenvalue weighted by Crippen LogP contribution is 2.34. The Balaban J connectivity index is 2.11. The van der Waals surface area contributed by atoms with Crippen LogP contribution in [0.2, 0.25) is 0 Å². The fourth-order valence-corrected chi connectivity index (χ4v) is 2.35. The number of fused-ring (bicyclic) bond motifs is 2. The van der Waals surface area contributed by atoms with Gasteiger partial charge in [0.25, 0.3) is 0 Å². The minimum atomic E-state index is 0.127. The van der Waals surface area contributed by atoms with Gasteiger partial charge >= 0.3 is 0 Å². The first-order valence-electron chi connectivity index (χ1n) is 6.58. The van der Waals surface area contributed by atoms with E-state index in [4.69, 9.17) is 4.74 Å². The van der Waals surface area contributed by atoms with E-state index < -0.39 is 0 Å². The van der Waals surface area contributed by atoms with E-state index in [-0.39, 0.29) is 5.78 Å². The normalized spacial score (nSPS) is 13.5. The van der Waals surface area contributed by atoms with E-state index in [0.29, 0.717) is 23.7 Å². The summed E-state index contributed by atoms with van der Waals surface area (Å²) >= 11 is 0. The molecule has 0 N–H and O–H groups in total. The van der Waals surface area contributed by atoms with Crippen molar-refractivity contribution >= 4 is 5.78 Å². The van der Waals surface area contributed by atoms with E-state index in [1.54, 1.807) is 0 Å². The summed E-state index contributed by atoms with van der Waals surface area (Å²) in [6.07, 6.45) is 0.407. The molecule has 0 unspecified atom stereocenters. The third kappa shape index (κ3) is 2.14. The van der Waals surface area contributed by atoms with Gasteiger partial charge in [0.05, 0.1) is 5.56 Å². The third-order valence-corrected chi connectivity index (χ3v) is 3.51. The molecule has 1 aliphatic heterocycles. The molecule has 96 valence electrons. The number of benzene rings is 2. The van der Waals surface area contributed by atoms with Gasteiger partial charge in [-0.1, -0.05) is 38.1 Å². The van der Waals surface area contributed by atoms with E-state index in [1.165, 1.54) is 5.56 Å². The highest BCUT2D eigenvalue weighted by atomic mass is 16.5. The van der Waals surface area contributed by atoms with Crippen LogP contribution in [0.15, 0.2) is 42.5 Å². The number of hydrogen-bond acceptors (Lipinski definition) is 2. The summed E-state index contributed by atoms with van der Waals surface area (Å²) in [5, 5.41) is 0. The van der Waals surface area contributed by atoms with Crippen LogP contribution in [0, 0.1) is 0 Å². The Morgan fingerprint density at radius 2 is 1.84 bits per heavy atom. The van der Waals surface area contributed by atoms with Crippen molar-refractivity contribution < 1.29 is 9.53 Å². The number of ether oxygens (including phenoxy) is 1. The molecule has 0 amide bonds. The van der Waals surface area contributed by atoms with Crippen LogP contribution in [0.25, 0.3) is 0 Å². The van der Waals surface area contributed by atoms with E-state index in [2.05, 4.69) is 13.8 Å². The molecule has 0 saturated heterocycles. The quantitative estimate of drug-likeness (QED) is 0.754. The molecule has 1 heterocycles. The standard InChI is InChI=1S/C17H16O2/c1-11(2)12-7-8-17-14(9-12)15(18)10-13-5-3-4-6-16(13)19-17/h3-9,11H,10H2,1-2H3. The summed E-state index contributed by atoms with van der Waals surface area (Å²) < 4.78 is 5.89. The predicted octanol–water partition coefficient (Wildman–Crippen LogP) is 4.34. The smallest absolute Gasteiger partial charge is 0.171 e. The van der Waals surface area contributed by atoms with E-state index in [1.807, 2.05) is 42.5 Å². The van der Waals surface area contributed by atoms with Crippen LogP contribution in [-0.4, -0.2) is 5.78 Å². The molecule has 2 nitrogen and oxygen atoms in total. The lowest BCUT2D eigenvalue weighted by molar-refractivity contribution is 0.0993. The molecule has 2 aromatic rings. The van der Waals surface area contributed by atoms with Gasteiger partial charge in [-0.25, -0.2) is 0 Å². The number of Topliss-reactive ketones (excluding diaryl/α,β-unsaturated/α-hetero) is 1. The van der Waals surface area contributed by atoms with Crippen molar-refractivity contribution in [3.05, 3.63) is 59.2 Å². The lowest BCUT2D eigenvalue weighted by Gasteiger charge is -2.11. The van der Waals surface area contributed by atoms with Crippen LogP contribution >= 0.6 is 0 Å². The molecule has 0 atom stereocenters. The molecule has 0 aromatic heterocycles. The van der Waals surface area contributed by atoms with E-state index in [9.17, 15) is 4.79 Å². The average Bonchev–Trinajstić information content (AvgIpc) is 2.54. The number of para-hydroxylation sites is 1. The first-order valence-corrected chi connectivity index (χ1v) is 6.58. The third-order valence-electron chi connectivity index (χ3n) is 3.51. The van der Waals surface area contributed by atoms with E-state index in [0.717, 1.165) is 11.3 Å². The van der Waals surface area contributed by atoms with E-state index >= 15 is 0 Å². The summed E-state index contributed by atoms with van der Waals surface area (Å²) in [6, 6.07) is 13.6. The molecule has 0 saturated carbocycles. The number of ketones is 1. The van der Waals surface area contributed by atoms with Gasteiger partial charge in [-0.3, -0.25) is 4.79 Å². The number of rotatable bonds is 1. The molecule has 2 heteroatoms. The lowest BCUT2D eigenvalue weighted by atomic mass is 9.97. The Morgan fingerprint density at radius 3 is 2.63 bits per heavy atom. The molecule has 19 heavy (non-hydrogen) atoms.